The number of carboxylic acids is 2. The van der Waals surface area contributed by atoms with Gasteiger partial charge in [0.1, 0.15) is 16.9 Å². The van der Waals surface area contributed by atoms with E-state index in [2.05, 4.69) is 15.3 Å². The van der Waals surface area contributed by atoms with Crippen molar-refractivity contribution in [3.8, 4) is 5.88 Å². The summed E-state index contributed by atoms with van der Waals surface area (Å²) in [6.07, 6.45) is 4.25. The van der Waals surface area contributed by atoms with Gasteiger partial charge in [-0.3, -0.25) is 14.4 Å². The van der Waals surface area contributed by atoms with Crippen LogP contribution < -0.4 is 10.1 Å². The first kappa shape index (κ1) is 29.4. The Balaban J connectivity index is 1.58. The minimum atomic E-state index is -4.28. The molecule has 1 fully saturated rings. The lowest BCUT2D eigenvalue weighted by Crippen LogP contribution is -2.37. The summed E-state index contributed by atoms with van der Waals surface area (Å²) in [6, 6.07) is 9.18. The molecule has 1 saturated carbocycles. The maximum Gasteiger partial charge on any atom is 0.318 e. The molecule has 0 aliphatic heterocycles. The first-order valence-electron chi connectivity index (χ1n) is 12.7. The van der Waals surface area contributed by atoms with Gasteiger partial charge in [0.15, 0.2) is 5.13 Å². The molecule has 1 atom stereocenters. The molecular formula is C26H30N4O8S2. The lowest BCUT2D eigenvalue weighted by Gasteiger charge is -2.22. The van der Waals surface area contributed by atoms with Crippen molar-refractivity contribution in [3.05, 3.63) is 42.0 Å². The van der Waals surface area contributed by atoms with Crippen molar-refractivity contribution in [3.63, 3.8) is 0 Å². The van der Waals surface area contributed by atoms with Crippen molar-refractivity contribution in [2.75, 3.05) is 25.5 Å². The third-order valence-electron chi connectivity index (χ3n) is 6.84. The molecule has 14 heteroatoms. The number of rotatable bonds is 13. The monoisotopic (exact) mass is 590 g/mol. The highest BCUT2D eigenvalue weighted by Crippen LogP contribution is 2.36. The summed E-state index contributed by atoms with van der Waals surface area (Å²) in [7, 11) is -2.77. The molecule has 1 aliphatic carbocycles. The van der Waals surface area contributed by atoms with Crippen LogP contribution in [0.1, 0.15) is 50.0 Å². The minimum Gasteiger partial charge on any atom is -0.481 e. The number of sulfonamides is 1. The van der Waals surface area contributed by atoms with Crippen molar-refractivity contribution < 1.29 is 37.8 Å². The Kier molecular flexibility index (Phi) is 9.32. The summed E-state index contributed by atoms with van der Waals surface area (Å²) in [5, 5.41) is 21.4. The van der Waals surface area contributed by atoms with E-state index in [1.807, 2.05) is 0 Å². The zero-order valence-corrected chi connectivity index (χ0v) is 23.4. The number of benzene rings is 1. The van der Waals surface area contributed by atoms with E-state index >= 15 is 0 Å². The average molecular weight is 591 g/mol. The van der Waals surface area contributed by atoms with E-state index in [1.54, 1.807) is 24.3 Å². The summed E-state index contributed by atoms with van der Waals surface area (Å²) < 4.78 is 32.0. The van der Waals surface area contributed by atoms with Crippen LogP contribution in [0, 0.1) is 5.92 Å². The number of methoxy groups -OCH3 is 1. The minimum absolute atomic E-state index is 0.186. The second kappa shape index (κ2) is 12.7. The number of hydrogen-bond acceptors (Lipinski definition) is 9. The molecule has 0 radical (unpaired) electrons. The van der Waals surface area contributed by atoms with Crippen molar-refractivity contribution in [2.24, 2.45) is 5.92 Å². The van der Waals surface area contributed by atoms with Gasteiger partial charge in [0.2, 0.25) is 21.8 Å². The Morgan fingerprint density at radius 2 is 1.77 bits per heavy atom. The van der Waals surface area contributed by atoms with E-state index in [9.17, 15) is 22.8 Å². The molecule has 1 amide bonds. The Morgan fingerprint density at radius 3 is 2.40 bits per heavy atom. The number of anilines is 1. The van der Waals surface area contributed by atoms with Crippen LogP contribution in [0.15, 0.2) is 41.3 Å². The summed E-state index contributed by atoms with van der Waals surface area (Å²) in [5.41, 5.74) is 1.23. The maximum absolute atomic E-state index is 13.5. The number of fused-ring (bicyclic) bond motifs is 1. The van der Waals surface area contributed by atoms with Crippen molar-refractivity contribution >= 4 is 54.7 Å². The smallest absolute Gasteiger partial charge is 0.318 e. The predicted octanol–water partition coefficient (Wildman–Crippen LogP) is 3.55. The number of hydrogen-bond donors (Lipinski definition) is 3. The number of thiazole rings is 1. The first-order chi connectivity index (χ1) is 19.1. The number of ether oxygens (including phenoxy) is 1. The highest BCUT2D eigenvalue weighted by Gasteiger charge is 2.30. The third-order valence-corrected chi connectivity index (χ3v) is 9.58. The van der Waals surface area contributed by atoms with E-state index in [4.69, 9.17) is 14.9 Å². The highest BCUT2D eigenvalue weighted by atomic mass is 32.2. The topological polar surface area (TPSA) is 176 Å². The zero-order valence-electron chi connectivity index (χ0n) is 21.8. The Labute approximate surface area is 235 Å². The molecule has 2 heterocycles. The number of carbonyl (C=O) groups excluding carboxylic acids is 1. The van der Waals surface area contributed by atoms with E-state index in [-0.39, 0.29) is 10.8 Å². The molecule has 2 aromatic heterocycles. The maximum atomic E-state index is 13.5. The molecule has 1 aliphatic rings. The number of carbonyl (C=O) groups is 3. The quantitative estimate of drug-likeness (QED) is 0.267. The number of nitrogens with one attached hydrogen (secondary N) is 1. The van der Waals surface area contributed by atoms with Gasteiger partial charge in [0.05, 0.1) is 24.3 Å². The number of pyridine rings is 1. The average Bonchev–Trinajstić information content (AvgIpc) is 3.58. The molecule has 214 valence electrons. The summed E-state index contributed by atoms with van der Waals surface area (Å²) >= 11 is 1.22. The van der Waals surface area contributed by atoms with Gasteiger partial charge < -0.3 is 20.3 Å². The normalized spacial score (nSPS) is 14.8. The van der Waals surface area contributed by atoms with Crippen LogP contribution in [0.25, 0.3) is 10.3 Å². The number of amides is 1. The molecule has 1 aromatic carbocycles. The highest BCUT2D eigenvalue weighted by molar-refractivity contribution is 7.89. The molecular weight excluding hydrogens is 560 g/mol. The molecule has 0 spiro atoms. The second-order valence-corrected chi connectivity index (χ2v) is 12.5. The first-order valence-corrected chi connectivity index (χ1v) is 15.0. The van der Waals surface area contributed by atoms with Gasteiger partial charge >= 0.3 is 11.9 Å². The van der Waals surface area contributed by atoms with Gasteiger partial charge in [-0.15, -0.1) is 0 Å². The summed E-state index contributed by atoms with van der Waals surface area (Å²) in [4.78, 5) is 45.0. The standard InChI is InChI=1S/C26H30N4O8S2/c1-38-21-11-10-20-25(28-21)39-26(27-20)29-24(35)19(14-16-4-2-3-5-16)17-6-8-18(9-7-17)40(36,37)30(15-23(33)34)13-12-22(31)32/h6-11,16,19H,2-5,12-15H2,1H3,(H,31,32)(H,33,34)(H,27,29,35). The fourth-order valence-corrected chi connectivity index (χ4v) is 7.03. The number of carboxylic acid groups (broad SMARTS) is 2. The van der Waals surface area contributed by atoms with Crippen molar-refractivity contribution in [1.29, 1.82) is 0 Å². The molecule has 12 nitrogen and oxygen atoms in total. The van der Waals surface area contributed by atoms with E-state index in [1.165, 1.54) is 30.6 Å². The zero-order chi connectivity index (χ0) is 28.9. The van der Waals surface area contributed by atoms with Crippen LogP contribution in [-0.2, 0) is 24.4 Å². The van der Waals surface area contributed by atoms with Crippen LogP contribution in [-0.4, -0.2) is 70.9 Å². The van der Waals surface area contributed by atoms with Gasteiger partial charge in [-0.25, -0.2) is 18.4 Å². The van der Waals surface area contributed by atoms with E-state index in [0.717, 1.165) is 25.7 Å². The van der Waals surface area contributed by atoms with Crippen LogP contribution >= 0.6 is 11.3 Å². The van der Waals surface area contributed by atoms with Gasteiger partial charge in [-0.05, 0) is 36.1 Å². The van der Waals surface area contributed by atoms with Crippen LogP contribution in [0.4, 0.5) is 5.13 Å². The third kappa shape index (κ3) is 7.11. The summed E-state index contributed by atoms with van der Waals surface area (Å²) in [5.74, 6) is -2.71. The Hall–Kier alpha value is -3.62. The van der Waals surface area contributed by atoms with Crippen LogP contribution in [0.3, 0.4) is 0 Å². The second-order valence-electron chi connectivity index (χ2n) is 9.57. The largest absolute Gasteiger partial charge is 0.481 e. The lowest BCUT2D eigenvalue weighted by molar-refractivity contribution is -0.139. The molecule has 3 aromatic rings. The number of aromatic nitrogens is 2. The molecule has 1 unspecified atom stereocenters. The SMILES string of the molecule is COc1ccc2nc(NC(=O)C(CC3CCCC3)c3ccc(S(=O)(=O)N(CCC(=O)O)CC(=O)O)cc3)sc2n1. The molecule has 40 heavy (non-hydrogen) atoms. The molecule has 0 bridgehead atoms. The van der Waals surface area contributed by atoms with E-state index in [0.29, 0.717) is 43.6 Å². The number of nitrogens with zero attached hydrogens (tertiary/aromatic N) is 3. The van der Waals surface area contributed by atoms with Crippen molar-refractivity contribution in [2.45, 2.75) is 49.3 Å². The molecule has 3 N–H and O–H groups in total. The van der Waals surface area contributed by atoms with Gasteiger partial charge in [0.25, 0.3) is 0 Å². The van der Waals surface area contributed by atoms with Crippen LogP contribution in [0.2, 0.25) is 0 Å². The van der Waals surface area contributed by atoms with E-state index < -0.39 is 47.4 Å². The number of aliphatic carboxylic acids is 2. The van der Waals surface area contributed by atoms with Gasteiger partial charge in [-0.1, -0.05) is 49.2 Å². The fraction of sp³-hybridized carbons (Fsp3) is 0.423. The van der Waals surface area contributed by atoms with Crippen molar-refractivity contribution in [1.82, 2.24) is 14.3 Å². The Morgan fingerprint density at radius 1 is 1.07 bits per heavy atom. The summed E-state index contributed by atoms with van der Waals surface area (Å²) in [6.45, 7) is -1.35. The molecule has 4 rings (SSSR count). The van der Waals surface area contributed by atoms with Gasteiger partial charge in [0, 0.05) is 12.6 Å². The fourth-order valence-electron chi connectivity index (χ4n) is 4.81. The predicted molar refractivity (Wildman–Crippen MR) is 147 cm³/mol. The Bertz CT molecular complexity index is 1480. The molecule has 0 saturated heterocycles. The lowest BCUT2D eigenvalue weighted by atomic mass is 9.87. The van der Waals surface area contributed by atoms with Gasteiger partial charge in [-0.2, -0.15) is 4.31 Å². The van der Waals surface area contributed by atoms with Crippen LogP contribution in [0.5, 0.6) is 5.88 Å².